The van der Waals surface area contributed by atoms with Crippen LogP contribution in [0.5, 0.6) is 0 Å². The molecule has 1 aliphatic heterocycles. The van der Waals surface area contributed by atoms with Crippen LogP contribution in [0.1, 0.15) is 6.42 Å². The molecule has 2 unspecified atom stereocenters. The number of ether oxygens (including phenoxy) is 1. The molecule has 1 saturated heterocycles. The second-order valence-corrected chi connectivity index (χ2v) is 5.62. The zero-order valence-corrected chi connectivity index (χ0v) is 11.2. The zero-order valence-electron chi connectivity index (χ0n) is 11.2. The third-order valence-corrected chi connectivity index (χ3v) is 4.38. The Balaban J connectivity index is 1.77. The molecule has 0 N–H and O–H groups in total. The summed E-state index contributed by atoms with van der Waals surface area (Å²) in [5.74, 6) is 3.07. The monoisotopic (exact) mass is 243 g/mol. The van der Waals surface area contributed by atoms with Crippen molar-refractivity contribution < 1.29 is 4.74 Å². The number of rotatable bonds is 2. The van der Waals surface area contributed by atoms with E-state index < -0.39 is 0 Å². The molecule has 0 spiro atoms. The molecule has 0 aromatic carbocycles. The summed E-state index contributed by atoms with van der Waals surface area (Å²) in [5.41, 5.74) is 1.39. The van der Waals surface area contributed by atoms with Gasteiger partial charge >= 0.3 is 0 Å². The van der Waals surface area contributed by atoms with Gasteiger partial charge in [0, 0.05) is 19.0 Å². The summed E-state index contributed by atoms with van der Waals surface area (Å²) in [6, 6.07) is 0. The Hall–Kier alpha value is -1.28. The van der Waals surface area contributed by atoms with Crippen molar-refractivity contribution in [2.75, 3.05) is 27.2 Å². The molecular weight excluding hydrogens is 222 g/mol. The van der Waals surface area contributed by atoms with Gasteiger partial charge < -0.3 is 9.64 Å². The van der Waals surface area contributed by atoms with E-state index in [1.807, 2.05) is 0 Å². The lowest BCUT2D eigenvalue weighted by Crippen LogP contribution is -2.47. The van der Waals surface area contributed by atoms with Crippen molar-refractivity contribution in [3.8, 4) is 0 Å². The number of allylic oxidation sites excluding steroid dienone is 7. The van der Waals surface area contributed by atoms with Crippen LogP contribution in [0.3, 0.4) is 0 Å². The number of hydrogen-bond donors (Lipinski definition) is 0. The van der Waals surface area contributed by atoms with Crippen molar-refractivity contribution in [1.82, 2.24) is 4.90 Å². The van der Waals surface area contributed by atoms with E-state index in [2.05, 4.69) is 48.4 Å². The van der Waals surface area contributed by atoms with E-state index in [4.69, 9.17) is 4.74 Å². The summed E-state index contributed by atoms with van der Waals surface area (Å²) >= 11 is 0. The quantitative estimate of drug-likeness (QED) is 0.739. The van der Waals surface area contributed by atoms with E-state index in [-0.39, 0.29) is 0 Å². The maximum absolute atomic E-state index is 5.55. The molecule has 0 bridgehead atoms. The SMILES string of the molecule is COC1=CC=CC2=CC=CC(C3CN(C)C3)CC21. The average molecular weight is 243 g/mol. The van der Waals surface area contributed by atoms with Crippen molar-refractivity contribution in [2.24, 2.45) is 17.8 Å². The first-order chi connectivity index (χ1) is 8.78. The summed E-state index contributed by atoms with van der Waals surface area (Å²) < 4.78 is 5.55. The van der Waals surface area contributed by atoms with E-state index in [9.17, 15) is 0 Å². The lowest BCUT2D eigenvalue weighted by atomic mass is 9.78. The van der Waals surface area contributed by atoms with Crippen molar-refractivity contribution >= 4 is 0 Å². The highest BCUT2D eigenvalue weighted by atomic mass is 16.5. The molecule has 3 rings (SSSR count). The Labute approximate surface area is 109 Å². The van der Waals surface area contributed by atoms with Gasteiger partial charge in [-0.1, -0.05) is 30.4 Å². The van der Waals surface area contributed by atoms with Crippen LogP contribution in [0.2, 0.25) is 0 Å². The standard InChI is InChI=1S/C16H21NO/c1-17-10-14(11-17)13-7-3-5-12-6-4-8-16(18-2)15(12)9-13/h3-8,13-15H,9-11H2,1-2H3. The molecule has 0 amide bonds. The van der Waals surface area contributed by atoms with E-state index in [1.54, 1.807) is 7.11 Å². The van der Waals surface area contributed by atoms with Gasteiger partial charge in [0.1, 0.15) is 5.76 Å². The summed E-state index contributed by atoms with van der Waals surface area (Å²) in [5, 5.41) is 0. The predicted molar refractivity (Wildman–Crippen MR) is 74.0 cm³/mol. The fourth-order valence-electron chi connectivity index (χ4n) is 3.31. The molecule has 0 saturated carbocycles. The molecule has 1 heterocycles. The second kappa shape index (κ2) is 4.77. The largest absolute Gasteiger partial charge is 0.500 e. The van der Waals surface area contributed by atoms with E-state index >= 15 is 0 Å². The summed E-state index contributed by atoms with van der Waals surface area (Å²) in [4.78, 5) is 2.39. The van der Waals surface area contributed by atoms with Gasteiger partial charge in [0.2, 0.25) is 0 Å². The number of hydrogen-bond acceptors (Lipinski definition) is 2. The highest BCUT2D eigenvalue weighted by Gasteiger charge is 2.34. The minimum atomic E-state index is 0.450. The van der Waals surface area contributed by atoms with Gasteiger partial charge in [0.15, 0.2) is 0 Å². The van der Waals surface area contributed by atoms with E-state index in [0.717, 1.165) is 11.7 Å². The Bertz CT molecular complexity index is 438. The molecule has 2 atom stereocenters. The minimum Gasteiger partial charge on any atom is -0.500 e. The van der Waals surface area contributed by atoms with Crippen LogP contribution in [0.15, 0.2) is 47.8 Å². The topological polar surface area (TPSA) is 12.5 Å². The fourth-order valence-corrected chi connectivity index (χ4v) is 3.31. The van der Waals surface area contributed by atoms with Gasteiger partial charge in [-0.05, 0) is 37.0 Å². The molecule has 2 heteroatoms. The van der Waals surface area contributed by atoms with Gasteiger partial charge in [0.25, 0.3) is 0 Å². The maximum atomic E-state index is 5.55. The molecule has 96 valence electrons. The van der Waals surface area contributed by atoms with Crippen LogP contribution in [0.25, 0.3) is 0 Å². The Morgan fingerprint density at radius 2 is 2.06 bits per heavy atom. The average Bonchev–Trinajstić information content (AvgIpc) is 2.56. The summed E-state index contributed by atoms with van der Waals surface area (Å²) in [7, 11) is 3.98. The Morgan fingerprint density at radius 3 is 2.78 bits per heavy atom. The van der Waals surface area contributed by atoms with Crippen LogP contribution in [-0.2, 0) is 4.74 Å². The molecule has 2 nitrogen and oxygen atoms in total. The number of nitrogens with zero attached hydrogens (tertiary/aromatic N) is 1. The lowest BCUT2D eigenvalue weighted by Gasteiger charge is -2.41. The van der Waals surface area contributed by atoms with E-state index in [1.165, 1.54) is 25.1 Å². The Morgan fingerprint density at radius 1 is 1.22 bits per heavy atom. The van der Waals surface area contributed by atoms with Gasteiger partial charge in [-0.3, -0.25) is 0 Å². The third-order valence-electron chi connectivity index (χ3n) is 4.38. The second-order valence-electron chi connectivity index (χ2n) is 5.62. The predicted octanol–water partition coefficient (Wildman–Crippen LogP) is 2.77. The molecule has 2 aliphatic carbocycles. The zero-order chi connectivity index (χ0) is 12.5. The molecule has 0 aromatic rings. The van der Waals surface area contributed by atoms with Crippen LogP contribution in [-0.4, -0.2) is 32.1 Å². The molecule has 1 fully saturated rings. The first-order valence-electron chi connectivity index (χ1n) is 6.77. The van der Waals surface area contributed by atoms with Crippen LogP contribution in [0, 0.1) is 17.8 Å². The molecule has 0 aromatic heterocycles. The van der Waals surface area contributed by atoms with Gasteiger partial charge in [0.05, 0.1) is 7.11 Å². The summed E-state index contributed by atoms with van der Waals surface area (Å²) in [6.45, 7) is 2.47. The highest BCUT2D eigenvalue weighted by Crippen LogP contribution is 2.38. The lowest BCUT2D eigenvalue weighted by molar-refractivity contribution is 0.0906. The summed E-state index contributed by atoms with van der Waals surface area (Å²) in [6.07, 6.45) is 14.5. The number of methoxy groups -OCH3 is 1. The third kappa shape index (κ3) is 2.05. The smallest absolute Gasteiger partial charge is 0.103 e. The highest BCUT2D eigenvalue weighted by molar-refractivity contribution is 5.39. The molecular formula is C16H21NO. The van der Waals surface area contributed by atoms with Gasteiger partial charge in [-0.15, -0.1) is 0 Å². The van der Waals surface area contributed by atoms with Crippen LogP contribution < -0.4 is 0 Å². The molecule has 18 heavy (non-hydrogen) atoms. The van der Waals surface area contributed by atoms with Crippen molar-refractivity contribution in [2.45, 2.75) is 6.42 Å². The van der Waals surface area contributed by atoms with Crippen molar-refractivity contribution in [3.63, 3.8) is 0 Å². The maximum Gasteiger partial charge on any atom is 0.103 e. The van der Waals surface area contributed by atoms with Crippen LogP contribution in [0.4, 0.5) is 0 Å². The molecule has 3 aliphatic rings. The normalized spacial score (nSPS) is 32.1. The van der Waals surface area contributed by atoms with Gasteiger partial charge in [-0.2, -0.15) is 0 Å². The first-order valence-corrected chi connectivity index (χ1v) is 6.77. The van der Waals surface area contributed by atoms with Crippen molar-refractivity contribution in [1.29, 1.82) is 0 Å². The first kappa shape index (κ1) is 11.8. The van der Waals surface area contributed by atoms with Crippen LogP contribution >= 0.6 is 0 Å². The minimum absolute atomic E-state index is 0.450. The Kier molecular flexibility index (Phi) is 3.13. The number of fused-ring (bicyclic) bond motifs is 1. The fraction of sp³-hybridized carbons (Fsp3) is 0.500. The van der Waals surface area contributed by atoms with Crippen molar-refractivity contribution in [3.05, 3.63) is 47.8 Å². The number of likely N-dealkylation sites (tertiary alicyclic amines) is 1. The van der Waals surface area contributed by atoms with Gasteiger partial charge in [-0.25, -0.2) is 0 Å². The van der Waals surface area contributed by atoms with E-state index in [0.29, 0.717) is 11.8 Å². The molecule has 0 radical (unpaired) electrons.